The van der Waals surface area contributed by atoms with Crippen LogP contribution in [0.25, 0.3) is 20.2 Å². The molecule has 2 aliphatic rings. The molecule has 0 radical (unpaired) electrons. The maximum atomic E-state index is 13.4. The molecule has 238 valence electrons. The van der Waals surface area contributed by atoms with E-state index >= 15 is 0 Å². The Morgan fingerprint density at radius 2 is 1.33 bits per heavy atom. The number of rotatable bonds is 3. The van der Waals surface area contributed by atoms with E-state index in [0.29, 0.717) is 17.4 Å². The monoisotopic (exact) mass is 668 g/mol. The van der Waals surface area contributed by atoms with Crippen molar-refractivity contribution in [2.75, 3.05) is 40.3 Å². The van der Waals surface area contributed by atoms with Crippen molar-refractivity contribution in [2.24, 2.45) is 0 Å². The molecule has 7 rings (SSSR count). The van der Waals surface area contributed by atoms with Crippen molar-refractivity contribution in [1.29, 1.82) is 0 Å². The van der Waals surface area contributed by atoms with Gasteiger partial charge in [0.25, 0.3) is 0 Å². The number of piperidine rings is 2. The van der Waals surface area contributed by atoms with Gasteiger partial charge in [0.15, 0.2) is 11.6 Å². The van der Waals surface area contributed by atoms with E-state index in [1.165, 1.54) is 76.2 Å². The summed E-state index contributed by atoms with van der Waals surface area (Å²) in [5.41, 5.74) is 4.31. The lowest BCUT2D eigenvalue weighted by atomic mass is 9.89. The smallest absolute Gasteiger partial charge is 0.335 e. The van der Waals surface area contributed by atoms with Crippen molar-refractivity contribution in [1.82, 2.24) is 9.80 Å². The molecule has 0 unspecified atom stereocenters. The molecule has 1 N–H and O–H groups in total. The molecule has 9 heteroatoms. The van der Waals surface area contributed by atoms with Gasteiger partial charge in [0.05, 0.1) is 15.3 Å². The van der Waals surface area contributed by atoms with Crippen LogP contribution in [0.1, 0.15) is 64.6 Å². The van der Waals surface area contributed by atoms with Gasteiger partial charge < -0.3 is 14.9 Å². The Bertz CT molecular complexity index is 1740. The van der Waals surface area contributed by atoms with E-state index in [-0.39, 0.29) is 0 Å². The average molecular weight is 669 g/mol. The molecule has 0 saturated carbocycles. The fraction of sp³-hybridized carbons (Fsp3) is 0.361. The Morgan fingerprint density at radius 3 is 1.89 bits per heavy atom. The van der Waals surface area contributed by atoms with Gasteiger partial charge in [-0.15, -0.1) is 22.7 Å². The summed E-state index contributed by atoms with van der Waals surface area (Å²) >= 11 is 9.65. The fourth-order valence-electron chi connectivity index (χ4n) is 6.14. The summed E-state index contributed by atoms with van der Waals surface area (Å²) in [6, 6.07) is 15.3. The lowest BCUT2D eigenvalue weighted by Gasteiger charge is -2.28. The number of carboxylic acid groups (broad SMARTS) is 1. The summed E-state index contributed by atoms with van der Waals surface area (Å²) in [5.74, 6) is -1.17. The van der Waals surface area contributed by atoms with Crippen molar-refractivity contribution in [3.8, 4) is 0 Å². The maximum absolute atomic E-state index is 13.4. The van der Waals surface area contributed by atoms with Crippen LogP contribution >= 0.6 is 34.3 Å². The molecule has 2 aliphatic heterocycles. The first-order valence-electron chi connectivity index (χ1n) is 15.3. The summed E-state index contributed by atoms with van der Waals surface area (Å²) in [6.45, 7) is 6.70. The van der Waals surface area contributed by atoms with Gasteiger partial charge in [-0.05, 0) is 153 Å². The number of carboxylic acids is 1. The first kappa shape index (κ1) is 33.5. The molecule has 0 bridgehead atoms. The Kier molecular flexibility index (Phi) is 11.3. The molecule has 45 heavy (non-hydrogen) atoms. The number of likely N-dealkylation sites (tertiary alicyclic amines) is 2. The number of thiophene rings is 2. The van der Waals surface area contributed by atoms with Crippen molar-refractivity contribution in [3.05, 3.63) is 104 Å². The number of hydrogen-bond acceptors (Lipinski definition) is 5. The van der Waals surface area contributed by atoms with Gasteiger partial charge >= 0.3 is 5.97 Å². The summed E-state index contributed by atoms with van der Waals surface area (Å²) < 4.78 is 28.6. The van der Waals surface area contributed by atoms with E-state index < -0.39 is 17.6 Å². The van der Waals surface area contributed by atoms with Gasteiger partial charge in [-0.25, -0.2) is 13.6 Å². The van der Waals surface area contributed by atoms with E-state index in [9.17, 15) is 13.6 Å². The van der Waals surface area contributed by atoms with Gasteiger partial charge in [0.1, 0.15) is 0 Å². The molecule has 0 aliphatic carbocycles. The molecular weight excluding hydrogens is 630 g/mol. The molecule has 2 fully saturated rings. The summed E-state index contributed by atoms with van der Waals surface area (Å²) in [6.07, 6.45) is 4.74. The zero-order valence-electron chi connectivity index (χ0n) is 25.9. The third-order valence-electron chi connectivity index (χ3n) is 8.79. The van der Waals surface area contributed by atoms with Crippen LogP contribution in [0.5, 0.6) is 0 Å². The van der Waals surface area contributed by atoms with Gasteiger partial charge in [-0.3, -0.25) is 0 Å². The van der Waals surface area contributed by atoms with E-state index in [2.05, 4.69) is 53.7 Å². The topological polar surface area (TPSA) is 43.8 Å². The second kappa shape index (κ2) is 15.1. The molecule has 0 atom stereocenters. The van der Waals surface area contributed by atoms with Crippen LogP contribution in [0.2, 0.25) is 5.02 Å². The van der Waals surface area contributed by atoms with Crippen LogP contribution in [-0.4, -0.2) is 61.2 Å². The van der Waals surface area contributed by atoms with Crippen molar-refractivity contribution in [2.45, 2.75) is 44.4 Å². The third kappa shape index (κ3) is 8.29. The van der Waals surface area contributed by atoms with Crippen LogP contribution in [0.15, 0.2) is 65.4 Å². The first-order valence-corrected chi connectivity index (χ1v) is 17.4. The third-order valence-corrected chi connectivity index (χ3v) is 11.2. The second-order valence-corrected chi connectivity index (χ2v) is 14.3. The number of nitrogens with zero attached hydrogens (tertiary/aromatic N) is 2. The van der Waals surface area contributed by atoms with Crippen LogP contribution in [0.4, 0.5) is 8.78 Å². The van der Waals surface area contributed by atoms with Crippen LogP contribution in [0.3, 0.4) is 0 Å². The lowest BCUT2D eigenvalue weighted by Crippen LogP contribution is -2.29. The Morgan fingerprint density at radius 1 is 0.800 bits per heavy atom. The van der Waals surface area contributed by atoms with Crippen LogP contribution in [0, 0.1) is 18.6 Å². The van der Waals surface area contributed by atoms with Gasteiger partial charge in [-0.2, -0.15) is 0 Å². The largest absolute Gasteiger partial charge is 0.478 e. The van der Waals surface area contributed by atoms with E-state index in [0.717, 1.165) is 41.0 Å². The molecular formula is C36H39ClF2N2O2S2. The first-order chi connectivity index (χ1) is 21.6. The highest BCUT2D eigenvalue weighted by Gasteiger charge is 2.23. The number of hydrogen-bond donors (Lipinski definition) is 1. The SMILES string of the molecule is CN1CCC(c2csc3cc(F)c(F)cc23)CC1.Cc1cc(Cl)c2scc(C3CCN(C)CC3)c2c1.O=C(O)c1ccccc1. The molecule has 0 amide bonds. The van der Waals surface area contributed by atoms with E-state index in [4.69, 9.17) is 16.7 Å². The highest BCUT2D eigenvalue weighted by atomic mass is 35.5. The predicted octanol–water partition coefficient (Wildman–Crippen LogP) is 10.0. The molecule has 3 aromatic carbocycles. The molecule has 4 heterocycles. The predicted molar refractivity (Wildman–Crippen MR) is 186 cm³/mol. The maximum Gasteiger partial charge on any atom is 0.335 e. The Balaban J connectivity index is 0.000000141. The van der Waals surface area contributed by atoms with E-state index in [1.807, 2.05) is 0 Å². The lowest BCUT2D eigenvalue weighted by molar-refractivity contribution is 0.0697. The Hall–Kier alpha value is -2.88. The van der Waals surface area contributed by atoms with Gasteiger partial charge in [-0.1, -0.05) is 35.9 Å². The number of aromatic carboxylic acids is 1. The molecule has 2 aromatic heterocycles. The van der Waals surface area contributed by atoms with Gasteiger partial charge in [0.2, 0.25) is 0 Å². The second-order valence-electron chi connectivity index (χ2n) is 12.1. The number of carbonyl (C=O) groups is 1. The van der Waals surface area contributed by atoms with Crippen LogP contribution < -0.4 is 0 Å². The van der Waals surface area contributed by atoms with Crippen molar-refractivity contribution >= 4 is 60.4 Å². The standard InChI is InChI=1S/C15H18ClNS.C14H15F2NS.C7H6O2/c1-10-7-12-13(9-18-15(12)14(16)8-10)11-3-5-17(2)6-4-11;1-17-4-2-9(3-5-17)11-8-18-14-7-13(16)12(15)6-10(11)14;8-7(9)6-4-2-1-3-5-6/h7-9,11H,3-6H2,1-2H3;6-9H,2-5H2,1H3;1-5H,(H,8,9). The fourth-order valence-corrected chi connectivity index (χ4v) is 8.64. The van der Waals surface area contributed by atoms with Crippen LogP contribution in [-0.2, 0) is 0 Å². The number of benzene rings is 3. The highest BCUT2D eigenvalue weighted by Crippen LogP contribution is 2.40. The minimum Gasteiger partial charge on any atom is -0.478 e. The zero-order chi connectivity index (χ0) is 32.1. The number of fused-ring (bicyclic) bond motifs is 2. The van der Waals surface area contributed by atoms with Gasteiger partial charge in [0, 0.05) is 4.70 Å². The highest BCUT2D eigenvalue weighted by molar-refractivity contribution is 7.18. The van der Waals surface area contributed by atoms with Crippen molar-refractivity contribution < 1.29 is 18.7 Å². The normalized spacial score (nSPS) is 16.7. The Labute approximate surface area is 276 Å². The summed E-state index contributed by atoms with van der Waals surface area (Å²) in [4.78, 5) is 14.9. The van der Waals surface area contributed by atoms with E-state index in [1.54, 1.807) is 41.7 Å². The number of halogens is 3. The molecule has 5 aromatic rings. The summed E-state index contributed by atoms with van der Waals surface area (Å²) in [7, 11) is 4.33. The minimum atomic E-state index is -0.879. The number of aryl methyl sites for hydroxylation is 1. The molecule has 4 nitrogen and oxygen atoms in total. The molecule has 2 saturated heterocycles. The summed E-state index contributed by atoms with van der Waals surface area (Å²) in [5, 5.41) is 16.0. The quantitative estimate of drug-likeness (QED) is 0.208. The average Bonchev–Trinajstić information content (AvgIpc) is 3.64. The molecule has 0 spiro atoms. The van der Waals surface area contributed by atoms with Crippen molar-refractivity contribution in [3.63, 3.8) is 0 Å². The zero-order valence-corrected chi connectivity index (χ0v) is 28.3. The minimum absolute atomic E-state index is 0.331.